The van der Waals surface area contributed by atoms with Crippen molar-refractivity contribution in [2.75, 3.05) is 0 Å². The SMILES string of the molecule is O=C(O)Cc1ccc(-c2c3nc(c(-c4ccccc4)c4ccc([nH]4)c(-c4ccccc4)c4ccc([nH]4)c(-c4ccccc4)c4nc2C=C4)C=C3)cc1. The minimum atomic E-state index is -0.865. The van der Waals surface area contributed by atoms with Crippen molar-refractivity contribution in [2.24, 2.45) is 0 Å². The molecule has 2 aliphatic rings. The molecule has 0 unspecified atom stereocenters. The van der Waals surface area contributed by atoms with Gasteiger partial charge in [-0.2, -0.15) is 0 Å². The predicted molar refractivity (Wildman–Crippen MR) is 212 cm³/mol. The van der Waals surface area contributed by atoms with E-state index in [1.165, 1.54) is 0 Å². The third-order valence-corrected chi connectivity index (χ3v) is 9.54. The van der Waals surface area contributed by atoms with Crippen LogP contribution >= 0.6 is 0 Å². The molecule has 8 bridgehead atoms. The van der Waals surface area contributed by atoms with Gasteiger partial charge in [0.1, 0.15) is 0 Å². The van der Waals surface area contributed by atoms with Gasteiger partial charge in [-0.15, -0.1) is 0 Å². The Balaban J connectivity index is 1.44. The molecule has 3 aromatic heterocycles. The normalized spacial score (nSPS) is 11.9. The van der Waals surface area contributed by atoms with Crippen LogP contribution in [0.15, 0.2) is 140 Å². The van der Waals surface area contributed by atoms with Gasteiger partial charge in [0.05, 0.1) is 29.2 Å². The monoisotopic (exact) mass is 672 g/mol. The van der Waals surface area contributed by atoms with Crippen LogP contribution in [0.2, 0.25) is 0 Å². The van der Waals surface area contributed by atoms with E-state index in [4.69, 9.17) is 9.97 Å². The molecule has 2 aliphatic heterocycles. The Morgan fingerprint density at radius 2 is 0.769 bits per heavy atom. The van der Waals surface area contributed by atoms with Gasteiger partial charge in [0.15, 0.2) is 0 Å². The lowest BCUT2D eigenvalue weighted by Crippen LogP contribution is -1.99. The number of hydrogen-bond donors (Lipinski definition) is 3. The molecule has 7 aromatic rings. The van der Waals surface area contributed by atoms with Gasteiger partial charge < -0.3 is 15.1 Å². The number of nitrogens with one attached hydrogen (secondary N) is 2. The number of aromatic amines is 2. The molecule has 0 spiro atoms. The predicted octanol–water partition coefficient (Wildman–Crippen LogP) is 11.0. The highest BCUT2D eigenvalue weighted by Crippen LogP contribution is 2.38. The fourth-order valence-corrected chi connectivity index (χ4v) is 7.20. The Labute approximate surface area is 300 Å². The maximum atomic E-state index is 11.5. The van der Waals surface area contributed by atoms with Crippen molar-refractivity contribution < 1.29 is 9.90 Å². The van der Waals surface area contributed by atoms with Crippen molar-refractivity contribution in [3.05, 3.63) is 168 Å². The molecule has 6 heteroatoms. The van der Waals surface area contributed by atoms with Gasteiger partial charge >= 0.3 is 5.97 Å². The summed E-state index contributed by atoms with van der Waals surface area (Å²) in [6.07, 6.45) is 8.19. The number of carbonyl (C=O) groups is 1. The van der Waals surface area contributed by atoms with E-state index >= 15 is 0 Å². The molecule has 52 heavy (non-hydrogen) atoms. The molecule has 0 atom stereocenters. The minimum Gasteiger partial charge on any atom is -0.481 e. The van der Waals surface area contributed by atoms with Crippen LogP contribution in [0.4, 0.5) is 0 Å². The first-order valence-corrected chi connectivity index (χ1v) is 17.2. The lowest BCUT2D eigenvalue weighted by molar-refractivity contribution is -0.136. The molecule has 0 saturated carbocycles. The number of benzene rings is 4. The fourth-order valence-electron chi connectivity index (χ4n) is 7.20. The Hall–Kier alpha value is -7.05. The first-order chi connectivity index (χ1) is 25.6. The highest BCUT2D eigenvalue weighted by Gasteiger charge is 2.19. The highest BCUT2D eigenvalue weighted by molar-refractivity contribution is 6.00. The third-order valence-electron chi connectivity index (χ3n) is 9.54. The van der Waals surface area contributed by atoms with E-state index in [2.05, 4.69) is 107 Å². The lowest BCUT2D eigenvalue weighted by Gasteiger charge is -2.07. The van der Waals surface area contributed by atoms with E-state index in [-0.39, 0.29) is 6.42 Å². The molecular formula is C46H32N4O2. The molecule has 248 valence electrons. The Morgan fingerprint density at radius 3 is 1.17 bits per heavy atom. The van der Waals surface area contributed by atoms with Gasteiger partial charge in [-0.1, -0.05) is 115 Å². The van der Waals surface area contributed by atoms with Crippen LogP contribution < -0.4 is 0 Å². The third kappa shape index (κ3) is 5.72. The molecule has 6 nitrogen and oxygen atoms in total. The van der Waals surface area contributed by atoms with E-state index < -0.39 is 5.97 Å². The van der Waals surface area contributed by atoms with E-state index in [1.807, 2.05) is 66.7 Å². The van der Waals surface area contributed by atoms with E-state index in [9.17, 15) is 9.90 Å². The summed E-state index contributed by atoms with van der Waals surface area (Å²) in [7, 11) is 0. The number of aliphatic carboxylic acids is 1. The van der Waals surface area contributed by atoms with Gasteiger partial charge in [-0.25, -0.2) is 9.97 Å². The average molecular weight is 673 g/mol. The second kappa shape index (κ2) is 13.0. The van der Waals surface area contributed by atoms with Gasteiger partial charge in [0.2, 0.25) is 0 Å². The molecule has 4 aromatic carbocycles. The number of hydrogen-bond acceptors (Lipinski definition) is 3. The van der Waals surface area contributed by atoms with Crippen LogP contribution in [0.1, 0.15) is 28.3 Å². The summed E-state index contributed by atoms with van der Waals surface area (Å²) in [6, 6.07) is 47.3. The topological polar surface area (TPSA) is 94.7 Å². The molecule has 5 heterocycles. The molecule has 0 aliphatic carbocycles. The maximum absolute atomic E-state index is 11.5. The van der Waals surface area contributed by atoms with Crippen molar-refractivity contribution in [1.29, 1.82) is 0 Å². The number of carboxylic acids is 1. The van der Waals surface area contributed by atoms with Gasteiger partial charge in [-0.05, 0) is 76.4 Å². The molecule has 0 amide bonds. The number of rotatable bonds is 6. The number of fused-ring (bicyclic) bond motifs is 8. The summed E-state index contributed by atoms with van der Waals surface area (Å²) >= 11 is 0. The van der Waals surface area contributed by atoms with E-state index in [0.29, 0.717) is 0 Å². The van der Waals surface area contributed by atoms with Crippen molar-refractivity contribution >= 4 is 52.3 Å². The van der Waals surface area contributed by atoms with Crippen LogP contribution in [0.3, 0.4) is 0 Å². The standard InChI is InChI=1S/C46H32N4O2/c51-42(52)28-29-16-18-33(19-17-29)46-40-26-24-38(49-40)44(31-12-6-2-7-13-31)36-22-20-34(47-36)43(30-10-4-1-5-11-30)35-21-23-37(48-35)45(32-14-8-3-9-15-32)39-25-27-41(46)50-39/h1-27,47-48H,28H2,(H,51,52). The number of nitrogens with zero attached hydrogens (tertiary/aromatic N) is 2. The molecular weight excluding hydrogens is 641 g/mol. The number of carboxylic acid groups (broad SMARTS) is 1. The maximum Gasteiger partial charge on any atom is 0.307 e. The molecule has 0 fully saturated rings. The van der Waals surface area contributed by atoms with E-state index in [1.54, 1.807) is 0 Å². The van der Waals surface area contributed by atoms with Gasteiger partial charge in [0, 0.05) is 44.3 Å². The summed E-state index contributed by atoms with van der Waals surface area (Å²) < 4.78 is 0. The largest absolute Gasteiger partial charge is 0.481 e. The summed E-state index contributed by atoms with van der Waals surface area (Å²) in [5, 5.41) is 9.41. The van der Waals surface area contributed by atoms with Crippen LogP contribution in [0, 0.1) is 0 Å². The van der Waals surface area contributed by atoms with Crippen LogP contribution in [-0.2, 0) is 11.2 Å². The zero-order valence-corrected chi connectivity index (χ0v) is 28.0. The summed E-state index contributed by atoms with van der Waals surface area (Å²) in [6.45, 7) is 0. The minimum absolute atomic E-state index is 0.0440. The lowest BCUT2D eigenvalue weighted by atomic mass is 10.00. The molecule has 3 N–H and O–H groups in total. The van der Waals surface area contributed by atoms with Gasteiger partial charge in [-0.3, -0.25) is 4.79 Å². The second-order valence-corrected chi connectivity index (χ2v) is 12.9. The van der Waals surface area contributed by atoms with Crippen molar-refractivity contribution in [3.63, 3.8) is 0 Å². The average Bonchev–Trinajstić information content (AvgIpc) is 4.01. The molecule has 0 radical (unpaired) electrons. The fraction of sp³-hybridized carbons (Fsp3) is 0.0217. The summed E-state index contributed by atoms with van der Waals surface area (Å²) in [5.41, 5.74) is 15.7. The van der Waals surface area contributed by atoms with Crippen molar-refractivity contribution in [2.45, 2.75) is 6.42 Å². The van der Waals surface area contributed by atoms with Crippen molar-refractivity contribution in [3.8, 4) is 44.5 Å². The quantitative estimate of drug-likeness (QED) is 0.164. The number of aromatic nitrogens is 4. The highest BCUT2D eigenvalue weighted by atomic mass is 16.4. The van der Waals surface area contributed by atoms with Crippen LogP contribution in [0.5, 0.6) is 0 Å². The Morgan fingerprint density at radius 1 is 0.423 bits per heavy atom. The van der Waals surface area contributed by atoms with Crippen LogP contribution in [-0.4, -0.2) is 31.0 Å². The molecule has 0 saturated heterocycles. The Bertz CT molecular complexity index is 2570. The zero-order chi connectivity index (χ0) is 35.0. The second-order valence-electron chi connectivity index (χ2n) is 12.9. The van der Waals surface area contributed by atoms with Crippen molar-refractivity contribution in [1.82, 2.24) is 19.9 Å². The van der Waals surface area contributed by atoms with Gasteiger partial charge in [0.25, 0.3) is 0 Å². The van der Waals surface area contributed by atoms with Crippen LogP contribution in [0.25, 0.3) is 90.9 Å². The summed E-state index contributed by atoms with van der Waals surface area (Å²) in [4.78, 5) is 29.7. The smallest absolute Gasteiger partial charge is 0.307 e. The Kier molecular flexibility index (Phi) is 7.75. The zero-order valence-electron chi connectivity index (χ0n) is 28.0. The molecule has 9 rings (SSSR count). The summed E-state index contributed by atoms with van der Waals surface area (Å²) in [5.74, 6) is -0.865. The van der Waals surface area contributed by atoms with E-state index in [0.717, 1.165) is 94.9 Å². The first kappa shape index (κ1) is 31.0. The number of H-pyrrole nitrogens is 2. The first-order valence-electron chi connectivity index (χ1n) is 17.2.